The van der Waals surface area contributed by atoms with Gasteiger partial charge >= 0.3 is 0 Å². The first-order valence-corrected chi connectivity index (χ1v) is 7.76. The lowest BCUT2D eigenvalue weighted by Gasteiger charge is -2.23. The average molecular weight is 323 g/mol. The molecule has 1 atom stereocenters. The third-order valence-electron chi connectivity index (χ3n) is 3.85. The van der Waals surface area contributed by atoms with Crippen molar-refractivity contribution in [3.05, 3.63) is 46.7 Å². The second kappa shape index (κ2) is 7.07. The van der Waals surface area contributed by atoms with Gasteiger partial charge in [-0.1, -0.05) is 30.3 Å². The molecule has 0 saturated carbocycles. The molecule has 21 heavy (non-hydrogen) atoms. The highest BCUT2D eigenvalue weighted by atomic mass is 35.5. The molecule has 0 spiro atoms. The lowest BCUT2D eigenvalue weighted by Crippen LogP contribution is -2.38. The maximum absolute atomic E-state index is 12.7. The standard InChI is InChI=1S/C16H18N2OS.ClH/c1-18(13-7-9-17-11-13)16(19)15-14(8-10-20-15)12-5-3-2-4-6-12;/h2-6,8,10,13,17H,7,9,11H2,1H3;1H. The molecule has 1 aromatic heterocycles. The Labute approximate surface area is 135 Å². The van der Waals surface area contributed by atoms with E-state index in [0.29, 0.717) is 6.04 Å². The van der Waals surface area contributed by atoms with Crippen molar-refractivity contribution in [1.29, 1.82) is 0 Å². The van der Waals surface area contributed by atoms with Crippen molar-refractivity contribution in [2.24, 2.45) is 0 Å². The predicted octanol–water partition coefficient (Wildman–Crippen LogP) is 3.27. The van der Waals surface area contributed by atoms with Crippen LogP contribution in [0.4, 0.5) is 0 Å². The first kappa shape index (κ1) is 16.0. The summed E-state index contributed by atoms with van der Waals surface area (Å²) in [7, 11) is 1.91. The van der Waals surface area contributed by atoms with Crippen LogP contribution in [0.15, 0.2) is 41.8 Å². The van der Waals surface area contributed by atoms with Crippen LogP contribution < -0.4 is 5.32 Å². The van der Waals surface area contributed by atoms with Crippen molar-refractivity contribution in [3.8, 4) is 11.1 Å². The molecule has 1 fully saturated rings. The third-order valence-corrected chi connectivity index (χ3v) is 4.75. The Balaban J connectivity index is 0.00000161. The zero-order valence-corrected chi connectivity index (χ0v) is 13.5. The molecule has 1 N–H and O–H groups in total. The number of hydrogen-bond donors (Lipinski definition) is 1. The fourth-order valence-corrected chi connectivity index (χ4v) is 3.51. The average Bonchev–Trinajstić information content (AvgIpc) is 3.17. The zero-order valence-electron chi connectivity index (χ0n) is 11.9. The van der Waals surface area contributed by atoms with E-state index >= 15 is 0 Å². The fraction of sp³-hybridized carbons (Fsp3) is 0.312. The van der Waals surface area contributed by atoms with E-state index in [0.717, 1.165) is 35.5 Å². The second-order valence-corrected chi connectivity index (χ2v) is 6.01. The van der Waals surface area contributed by atoms with Crippen molar-refractivity contribution in [2.45, 2.75) is 12.5 Å². The van der Waals surface area contributed by atoms with Crippen molar-refractivity contribution in [2.75, 3.05) is 20.1 Å². The van der Waals surface area contributed by atoms with Crippen LogP contribution in [-0.4, -0.2) is 37.0 Å². The van der Waals surface area contributed by atoms with Crippen molar-refractivity contribution < 1.29 is 4.79 Å². The van der Waals surface area contributed by atoms with E-state index in [9.17, 15) is 4.79 Å². The van der Waals surface area contributed by atoms with Gasteiger partial charge in [0.25, 0.3) is 5.91 Å². The van der Waals surface area contributed by atoms with Gasteiger partial charge < -0.3 is 10.2 Å². The summed E-state index contributed by atoms with van der Waals surface area (Å²) in [5.41, 5.74) is 2.15. The van der Waals surface area contributed by atoms with Gasteiger partial charge in [-0.2, -0.15) is 0 Å². The number of halogens is 1. The van der Waals surface area contributed by atoms with Gasteiger partial charge in [0, 0.05) is 25.2 Å². The Hall–Kier alpha value is -1.36. The SMILES string of the molecule is CN(C(=O)c1sccc1-c1ccccc1)C1CCNC1.Cl. The number of likely N-dealkylation sites (N-methyl/N-ethyl adjacent to an activating group) is 1. The zero-order chi connectivity index (χ0) is 13.9. The molecule has 2 aromatic rings. The predicted molar refractivity (Wildman–Crippen MR) is 90.4 cm³/mol. The first-order valence-electron chi connectivity index (χ1n) is 6.88. The Bertz CT molecular complexity index is 593. The van der Waals surface area contributed by atoms with E-state index in [1.165, 1.54) is 11.3 Å². The topological polar surface area (TPSA) is 32.3 Å². The molecule has 3 nitrogen and oxygen atoms in total. The number of rotatable bonds is 3. The van der Waals surface area contributed by atoms with Gasteiger partial charge in [0.1, 0.15) is 0 Å². The molecule has 1 aliphatic rings. The minimum absolute atomic E-state index is 0. The van der Waals surface area contributed by atoms with Gasteiger partial charge in [-0.15, -0.1) is 23.7 Å². The highest BCUT2D eigenvalue weighted by Gasteiger charge is 2.26. The molecule has 3 rings (SSSR count). The minimum Gasteiger partial charge on any atom is -0.337 e. The molecule has 0 aliphatic carbocycles. The number of carbonyl (C=O) groups excluding carboxylic acids is 1. The van der Waals surface area contributed by atoms with E-state index in [1.54, 1.807) is 0 Å². The number of amides is 1. The molecule has 2 heterocycles. The maximum Gasteiger partial charge on any atom is 0.264 e. The molecule has 0 bridgehead atoms. The summed E-state index contributed by atoms with van der Waals surface area (Å²) in [6.07, 6.45) is 1.04. The van der Waals surface area contributed by atoms with Crippen LogP contribution >= 0.6 is 23.7 Å². The van der Waals surface area contributed by atoms with E-state index in [4.69, 9.17) is 0 Å². The molecule has 1 unspecified atom stereocenters. The Morgan fingerprint density at radius 3 is 2.71 bits per heavy atom. The molecule has 1 amide bonds. The van der Waals surface area contributed by atoms with Crippen LogP contribution in [0.1, 0.15) is 16.1 Å². The van der Waals surface area contributed by atoms with Crippen LogP contribution in [0.25, 0.3) is 11.1 Å². The largest absolute Gasteiger partial charge is 0.337 e. The highest BCUT2D eigenvalue weighted by molar-refractivity contribution is 7.12. The Morgan fingerprint density at radius 2 is 2.05 bits per heavy atom. The molecule has 5 heteroatoms. The van der Waals surface area contributed by atoms with Gasteiger partial charge in [-0.25, -0.2) is 0 Å². The lowest BCUT2D eigenvalue weighted by molar-refractivity contribution is 0.0749. The number of carbonyl (C=O) groups is 1. The summed E-state index contributed by atoms with van der Waals surface area (Å²) in [5.74, 6) is 0.132. The first-order chi connectivity index (χ1) is 9.77. The Morgan fingerprint density at radius 1 is 1.29 bits per heavy atom. The molecule has 1 aromatic carbocycles. The summed E-state index contributed by atoms with van der Waals surface area (Å²) < 4.78 is 0. The fourth-order valence-electron chi connectivity index (χ4n) is 2.62. The summed E-state index contributed by atoms with van der Waals surface area (Å²) in [6, 6.07) is 12.5. The smallest absolute Gasteiger partial charge is 0.264 e. The summed E-state index contributed by atoms with van der Waals surface area (Å²) in [6.45, 7) is 1.90. The van der Waals surface area contributed by atoms with Crippen LogP contribution in [0, 0.1) is 0 Å². The van der Waals surface area contributed by atoms with Gasteiger partial charge in [0.2, 0.25) is 0 Å². The quantitative estimate of drug-likeness (QED) is 0.940. The summed E-state index contributed by atoms with van der Waals surface area (Å²) in [4.78, 5) is 15.4. The van der Waals surface area contributed by atoms with Gasteiger partial charge in [-0.3, -0.25) is 4.79 Å². The van der Waals surface area contributed by atoms with Crippen LogP contribution in [-0.2, 0) is 0 Å². The van der Waals surface area contributed by atoms with E-state index in [2.05, 4.69) is 17.4 Å². The van der Waals surface area contributed by atoms with Crippen molar-refractivity contribution >= 4 is 29.7 Å². The van der Waals surface area contributed by atoms with E-state index in [1.807, 2.05) is 41.6 Å². The highest BCUT2D eigenvalue weighted by Crippen LogP contribution is 2.29. The van der Waals surface area contributed by atoms with Crippen molar-refractivity contribution in [3.63, 3.8) is 0 Å². The molecule has 0 radical (unpaired) electrons. The number of nitrogens with one attached hydrogen (secondary N) is 1. The minimum atomic E-state index is 0. The second-order valence-electron chi connectivity index (χ2n) is 5.09. The monoisotopic (exact) mass is 322 g/mol. The van der Waals surface area contributed by atoms with Crippen LogP contribution in [0.5, 0.6) is 0 Å². The molecule has 1 aliphatic heterocycles. The van der Waals surface area contributed by atoms with Gasteiger partial charge in [-0.05, 0) is 30.0 Å². The van der Waals surface area contributed by atoms with E-state index < -0.39 is 0 Å². The van der Waals surface area contributed by atoms with E-state index in [-0.39, 0.29) is 18.3 Å². The van der Waals surface area contributed by atoms with Crippen LogP contribution in [0.2, 0.25) is 0 Å². The molecular weight excluding hydrogens is 304 g/mol. The summed E-state index contributed by atoms with van der Waals surface area (Å²) in [5, 5.41) is 5.31. The number of benzene rings is 1. The molecular formula is C16H19ClN2OS. The van der Waals surface area contributed by atoms with Gasteiger partial charge in [0.15, 0.2) is 0 Å². The Kier molecular flexibility index (Phi) is 5.39. The number of hydrogen-bond acceptors (Lipinski definition) is 3. The normalized spacial score (nSPS) is 17.3. The lowest BCUT2D eigenvalue weighted by atomic mass is 10.1. The number of nitrogens with zero attached hydrogens (tertiary/aromatic N) is 1. The molecule has 1 saturated heterocycles. The summed E-state index contributed by atoms with van der Waals surface area (Å²) >= 11 is 1.53. The maximum atomic E-state index is 12.7. The number of thiophene rings is 1. The molecule has 112 valence electrons. The van der Waals surface area contributed by atoms with Gasteiger partial charge in [0.05, 0.1) is 4.88 Å². The third kappa shape index (κ3) is 3.28. The van der Waals surface area contributed by atoms with Crippen LogP contribution in [0.3, 0.4) is 0 Å². The van der Waals surface area contributed by atoms with Crippen molar-refractivity contribution in [1.82, 2.24) is 10.2 Å².